The fourth-order valence-corrected chi connectivity index (χ4v) is 2.65. The van der Waals surface area contributed by atoms with E-state index in [9.17, 15) is 19.5 Å². The second-order valence-electron chi connectivity index (χ2n) is 5.39. The molecule has 1 amide bonds. The Morgan fingerprint density at radius 1 is 0.957 bits per heavy atom. The molecule has 0 saturated carbocycles. The average molecular weight is 349 g/mol. The molecule has 0 aliphatic heterocycles. The molecule has 0 heterocycles. The summed E-state index contributed by atoms with van der Waals surface area (Å²) in [5.74, 6) is -1.77. The van der Waals surface area contributed by atoms with Gasteiger partial charge in [0, 0.05) is 13.1 Å². The zero-order valence-electron chi connectivity index (χ0n) is 14.6. The van der Waals surface area contributed by atoms with Crippen molar-refractivity contribution in [1.82, 2.24) is 4.90 Å². The highest BCUT2D eigenvalue weighted by molar-refractivity contribution is 8.14. The number of rotatable bonds is 8. The first-order valence-electron chi connectivity index (χ1n) is 7.68. The Balaban J connectivity index is 5.18. The number of hydrogen-bond acceptors (Lipinski definition) is 7. The molecule has 0 saturated heterocycles. The van der Waals surface area contributed by atoms with E-state index < -0.39 is 40.7 Å². The highest BCUT2D eigenvalue weighted by Crippen LogP contribution is 2.22. The summed E-state index contributed by atoms with van der Waals surface area (Å²) in [5.41, 5.74) is 0. The van der Waals surface area contributed by atoms with Crippen LogP contribution in [0.1, 0.15) is 41.5 Å². The molecule has 0 rings (SSSR count). The van der Waals surface area contributed by atoms with Crippen LogP contribution in [0.5, 0.6) is 0 Å². The first-order valence-corrected chi connectivity index (χ1v) is 8.56. The molecule has 0 aromatic rings. The molecule has 7 nitrogen and oxygen atoms in total. The van der Waals surface area contributed by atoms with E-state index in [1.807, 2.05) is 0 Å². The molecule has 0 aliphatic rings. The third-order valence-electron chi connectivity index (χ3n) is 2.71. The minimum absolute atomic E-state index is 0.405. The van der Waals surface area contributed by atoms with Crippen molar-refractivity contribution in [2.24, 2.45) is 0 Å². The minimum atomic E-state index is -1.77. The summed E-state index contributed by atoms with van der Waals surface area (Å²) in [6.45, 7) is 11.1. The van der Waals surface area contributed by atoms with Crippen LogP contribution in [-0.4, -0.2) is 63.8 Å². The van der Waals surface area contributed by atoms with Crippen LogP contribution in [0, 0.1) is 0 Å². The van der Waals surface area contributed by atoms with Crippen LogP contribution in [0.4, 0.5) is 4.79 Å². The number of nitrogens with zero attached hydrogens (tertiary/aromatic N) is 1. The Morgan fingerprint density at radius 2 is 1.39 bits per heavy atom. The van der Waals surface area contributed by atoms with Crippen molar-refractivity contribution >= 4 is 28.9 Å². The first-order chi connectivity index (χ1) is 10.6. The van der Waals surface area contributed by atoms with E-state index in [4.69, 9.17) is 9.47 Å². The molecule has 0 spiro atoms. The van der Waals surface area contributed by atoms with Crippen LogP contribution in [0.3, 0.4) is 0 Å². The SMILES string of the molecule is CCN(CC)C(=O)S[C@H](C(=O)OC(C)C)[C@@H](O)C(=O)OC(C)C. The van der Waals surface area contributed by atoms with Gasteiger partial charge in [0.25, 0.3) is 5.24 Å². The van der Waals surface area contributed by atoms with E-state index in [2.05, 4.69) is 0 Å². The summed E-state index contributed by atoms with van der Waals surface area (Å²) in [7, 11) is 0. The van der Waals surface area contributed by atoms with Crippen molar-refractivity contribution in [2.45, 2.75) is 65.1 Å². The predicted molar refractivity (Wildman–Crippen MR) is 88.2 cm³/mol. The Bertz CT molecular complexity index is 409. The Morgan fingerprint density at radius 3 is 1.78 bits per heavy atom. The number of carbonyl (C=O) groups is 3. The molecule has 2 atom stereocenters. The minimum Gasteiger partial charge on any atom is -0.462 e. The molecule has 1 N–H and O–H groups in total. The lowest BCUT2D eigenvalue weighted by Gasteiger charge is -2.24. The number of ether oxygens (including phenoxy) is 2. The van der Waals surface area contributed by atoms with Gasteiger partial charge >= 0.3 is 11.9 Å². The molecule has 0 aliphatic carbocycles. The van der Waals surface area contributed by atoms with Gasteiger partial charge in [-0.25, -0.2) is 4.79 Å². The van der Waals surface area contributed by atoms with Crippen LogP contribution in [-0.2, 0) is 19.1 Å². The van der Waals surface area contributed by atoms with Gasteiger partial charge in [0.1, 0.15) is 5.25 Å². The smallest absolute Gasteiger partial charge is 0.337 e. The molecule has 23 heavy (non-hydrogen) atoms. The van der Waals surface area contributed by atoms with Crippen molar-refractivity contribution < 1.29 is 29.0 Å². The topological polar surface area (TPSA) is 93.1 Å². The lowest BCUT2D eigenvalue weighted by Crippen LogP contribution is -2.43. The fourth-order valence-electron chi connectivity index (χ4n) is 1.63. The number of aliphatic hydroxyl groups excluding tert-OH is 1. The first kappa shape index (κ1) is 21.7. The molecular weight excluding hydrogens is 322 g/mol. The van der Waals surface area contributed by atoms with Crippen LogP contribution < -0.4 is 0 Å². The number of hydrogen-bond donors (Lipinski definition) is 1. The molecule has 0 aromatic carbocycles. The molecule has 8 heteroatoms. The number of aliphatic hydroxyl groups is 1. The van der Waals surface area contributed by atoms with E-state index in [0.717, 1.165) is 0 Å². The van der Waals surface area contributed by atoms with E-state index >= 15 is 0 Å². The van der Waals surface area contributed by atoms with Crippen molar-refractivity contribution in [2.75, 3.05) is 13.1 Å². The summed E-state index contributed by atoms with van der Waals surface area (Å²) in [5, 5.41) is 8.35. The van der Waals surface area contributed by atoms with E-state index in [1.54, 1.807) is 41.5 Å². The van der Waals surface area contributed by atoms with Gasteiger partial charge in [-0.1, -0.05) is 0 Å². The fraction of sp³-hybridized carbons (Fsp3) is 0.800. The number of thioether (sulfide) groups is 1. The van der Waals surface area contributed by atoms with E-state index in [1.165, 1.54) is 4.90 Å². The Hall–Kier alpha value is -1.28. The second kappa shape index (κ2) is 10.5. The summed E-state index contributed by atoms with van der Waals surface area (Å²) < 4.78 is 9.95. The zero-order chi connectivity index (χ0) is 18.2. The summed E-state index contributed by atoms with van der Waals surface area (Å²) in [4.78, 5) is 37.7. The molecule has 0 fully saturated rings. The maximum atomic E-state index is 12.2. The van der Waals surface area contributed by atoms with Crippen molar-refractivity contribution in [1.29, 1.82) is 0 Å². The number of carbonyl (C=O) groups excluding carboxylic acids is 3. The highest BCUT2D eigenvalue weighted by atomic mass is 32.2. The highest BCUT2D eigenvalue weighted by Gasteiger charge is 2.38. The van der Waals surface area contributed by atoms with Gasteiger partial charge in [0.15, 0.2) is 6.10 Å². The van der Waals surface area contributed by atoms with Crippen LogP contribution >= 0.6 is 11.8 Å². The largest absolute Gasteiger partial charge is 0.462 e. The lowest BCUT2D eigenvalue weighted by molar-refractivity contribution is -0.163. The Kier molecular flexibility index (Phi) is 9.90. The molecule has 0 aromatic heterocycles. The van der Waals surface area contributed by atoms with Crippen molar-refractivity contribution in [3.8, 4) is 0 Å². The van der Waals surface area contributed by atoms with Gasteiger partial charge in [-0.15, -0.1) is 0 Å². The Labute approximate surface area is 141 Å². The summed E-state index contributed by atoms with van der Waals surface area (Å²) >= 11 is 0.577. The number of esters is 2. The second-order valence-corrected chi connectivity index (χ2v) is 6.49. The van der Waals surface area contributed by atoms with Gasteiger partial charge in [-0.05, 0) is 53.3 Å². The normalized spacial score (nSPS) is 13.6. The third-order valence-corrected chi connectivity index (χ3v) is 3.88. The van der Waals surface area contributed by atoms with Gasteiger partial charge in [0.05, 0.1) is 12.2 Å². The van der Waals surface area contributed by atoms with Gasteiger partial charge in [-0.2, -0.15) is 0 Å². The standard InChI is InChI=1S/C15H27NO6S/c1-7-16(8-2)15(20)23-12(14(19)22-10(5)6)11(17)13(18)21-9(3)4/h9-12,17H,7-8H2,1-6H3/t11-,12+/m1/s1. The third kappa shape index (κ3) is 7.69. The monoisotopic (exact) mass is 349 g/mol. The zero-order valence-corrected chi connectivity index (χ0v) is 15.4. The lowest BCUT2D eigenvalue weighted by atomic mass is 10.2. The van der Waals surface area contributed by atoms with Crippen LogP contribution in [0.2, 0.25) is 0 Å². The van der Waals surface area contributed by atoms with Crippen LogP contribution in [0.25, 0.3) is 0 Å². The molecule has 0 bridgehead atoms. The number of amides is 1. The van der Waals surface area contributed by atoms with E-state index in [-0.39, 0.29) is 0 Å². The summed E-state index contributed by atoms with van der Waals surface area (Å²) in [6.07, 6.45) is -2.64. The summed E-state index contributed by atoms with van der Waals surface area (Å²) in [6, 6.07) is 0. The van der Waals surface area contributed by atoms with Crippen molar-refractivity contribution in [3.63, 3.8) is 0 Å². The molecule has 0 radical (unpaired) electrons. The molecule has 0 unspecified atom stereocenters. The van der Waals surface area contributed by atoms with Gasteiger partial charge < -0.3 is 19.5 Å². The van der Waals surface area contributed by atoms with Gasteiger partial charge in [-0.3, -0.25) is 9.59 Å². The predicted octanol–water partition coefficient (Wildman–Crippen LogP) is 1.81. The maximum absolute atomic E-state index is 12.2. The maximum Gasteiger partial charge on any atom is 0.337 e. The van der Waals surface area contributed by atoms with Crippen LogP contribution in [0.15, 0.2) is 0 Å². The van der Waals surface area contributed by atoms with Crippen molar-refractivity contribution in [3.05, 3.63) is 0 Å². The quantitative estimate of drug-likeness (QED) is 0.668. The molecular formula is C15H27NO6S. The average Bonchev–Trinajstić information content (AvgIpc) is 2.43. The van der Waals surface area contributed by atoms with Gasteiger partial charge in [0.2, 0.25) is 0 Å². The molecule has 134 valence electrons. The van der Waals surface area contributed by atoms with E-state index in [0.29, 0.717) is 24.9 Å².